The smallest absolute Gasteiger partial charge is 0.198 e. The van der Waals surface area contributed by atoms with Crippen LogP contribution >= 0.6 is 23.3 Å². The Morgan fingerprint density at radius 1 is 1.14 bits per heavy atom. The second-order valence-corrected chi connectivity index (χ2v) is 7.37. The minimum atomic E-state index is 0.341. The molecule has 2 aromatic heterocycles. The van der Waals surface area contributed by atoms with Crippen LogP contribution in [0.1, 0.15) is 31.2 Å². The second kappa shape index (κ2) is 6.18. The van der Waals surface area contributed by atoms with E-state index < -0.39 is 0 Å². The minimum absolute atomic E-state index is 0.341. The van der Waals surface area contributed by atoms with Gasteiger partial charge in [0.05, 0.1) is 0 Å². The van der Waals surface area contributed by atoms with Crippen LogP contribution in [-0.4, -0.2) is 24.1 Å². The van der Waals surface area contributed by atoms with E-state index in [1.807, 2.05) is 11.6 Å². The van der Waals surface area contributed by atoms with Gasteiger partial charge in [-0.1, -0.05) is 43.7 Å². The van der Waals surface area contributed by atoms with Crippen molar-refractivity contribution in [1.82, 2.24) is 24.1 Å². The van der Waals surface area contributed by atoms with Crippen molar-refractivity contribution >= 4 is 23.3 Å². The monoisotopic (exact) mass is 331 g/mol. The maximum absolute atomic E-state index is 4.53. The van der Waals surface area contributed by atoms with Crippen molar-refractivity contribution in [3.8, 4) is 11.4 Å². The standard InChI is InChI=1S/C15H17N5S2/c1-9(2)12-16-15(22-19-12)21-14-18-17-13(20(14)4)11-7-5-10(3)6-8-11/h5-9H,1-4H3. The van der Waals surface area contributed by atoms with Crippen molar-refractivity contribution in [2.45, 2.75) is 36.2 Å². The third-order valence-corrected chi connectivity index (χ3v) is 5.07. The lowest BCUT2D eigenvalue weighted by Crippen LogP contribution is -1.94. The Balaban J connectivity index is 1.85. The molecule has 22 heavy (non-hydrogen) atoms. The highest BCUT2D eigenvalue weighted by atomic mass is 32.2. The van der Waals surface area contributed by atoms with Gasteiger partial charge in [-0.05, 0) is 30.2 Å². The van der Waals surface area contributed by atoms with Crippen LogP contribution in [0.25, 0.3) is 11.4 Å². The van der Waals surface area contributed by atoms with E-state index in [1.54, 1.807) is 0 Å². The van der Waals surface area contributed by atoms with E-state index in [-0.39, 0.29) is 0 Å². The molecule has 0 fully saturated rings. The van der Waals surface area contributed by atoms with E-state index in [0.717, 1.165) is 26.7 Å². The van der Waals surface area contributed by atoms with Gasteiger partial charge in [0.1, 0.15) is 5.82 Å². The predicted octanol–water partition coefficient (Wildman–Crippen LogP) is 3.92. The molecule has 0 unspecified atom stereocenters. The number of hydrogen-bond acceptors (Lipinski definition) is 6. The van der Waals surface area contributed by atoms with Gasteiger partial charge in [0.2, 0.25) is 0 Å². The van der Waals surface area contributed by atoms with Crippen LogP contribution in [-0.2, 0) is 7.05 Å². The normalized spacial score (nSPS) is 11.3. The lowest BCUT2D eigenvalue weighted by molar-refractivity contribution is 0.782. The highest BCUT2D eigenvalue weighted by Crippen LogP contribution is 2.30. The molecule has 0 radical (unpaired) electrons. The topological polar surface area (TPSA) is 56.5 Å². The summed E-state index contributed by atoms with van der Waals surface area (Å²) in [5.41, 5.74) is 2.29. The summed E-state index contributed by atoms with van der Waals surface area (Å²) in [6.45, 7) is 6.26. The molecule has 0 aliphatic carbocycles. The molecule has 0 amide bonds. The van der Waals surface area contributed by atoms with Crippen LogP contribution in [0.5, 0.6) is 0 Å². The number of hydrogen-bond donors (Lipinski definition) is 0. The van der Waals surface area contributed by atoms with Gasteiger partial charge in [0.15, 0.2) is 15.3 Å². The molecule has 0 bridgehead atoms. The zero-order chi connectivity index (χ0) is 15.7. The molecule has 0 saturated heterocycles. The third-order valence-electron chi connectivity index (χ3n) is 3.26. The summed E-state index contributed by atoms with van der Waals surface area (Å²) in [5, 5.41) is 9.40. The fourth-order valence-electron chi connectivity index (χ4n) is 1.93. The van der Waals surface area contributed by atoms with Gasteiger partial charge in [0, 0.05) is 18.5 Å². The molecule has 1 aromatic carbocycles. The molecule has 3 aromatic rings. The first-order chi connectivity index (χ1) is 10.5. The van der Waals surface area contributed by atoms with E-state index >= 15 is 0 Å². The zero-order valence-electron chi connectivity index (χ0n) is 12.9. The predicted molar refractivity (Wildman–Crippen MR) is 89.3 cm³/mol. The van der Waals surface area contributed by atoms with Crippen molar-refractivity contribution in [1.29, 1.82) is 0 Å². The summed E-state index contributed by atoms with van der Waals surface area (Å²) in [6.07, 6.45) is 0. The molecule has 0 N–H and O–H groups in total. The Morgan fingerprint density at radius 3 is 2.50 bits per heavy atom. The van der Waals surface area contributed by atoms with Crippen LogP contribution < -0.4 is 0 Å². The molecule has 0 spiro atoms. The number of aromatic nitrogens is 5. The first-order valence-electron chi connectivity index (χ1n) is 7.02. The van der Waals surface area contributed by atoms with E-state index in [2.05, 4.69) is 64.6 Å². The maximum Gasteiger partial charge on any atom is 0.198 e. The van der Waals surface area contributed by atoms with Gasteiger partial charge in [-0.25, -0.2) is 4.98 Å². The zero-order valence-corrected chi connectivity index (χ0v) is 14.6. The average Bonchev–Trinajstić information content (AvgIpc) is 3.09. The number of benzene rings is 1. The SMILES string of the molecule is Cc1ccc(-c2nnc(Sc3nc(C(C)C)ns3)n2C)cc1. The quantitative estimate of drug-likeness (QED) is 0.725. The lowest BCUT2D eigenvalue weighted by Gasteiger charge is -2.03. The Bertz CT molecular complexity index is 774. The highest BCUT2D eigenvalue weighted by Gasteiger charge is 2.15. The highest BCUT2D eigenvalue weighted by molar-refractivity contribution is 8.00. The van der Waals surface area contributed by atoms with E-state index in [9.17, 15) is 0 Å². The van der Waals surface area contributed by atoms with Crippen LogP contribution in [0.4, 0.5) is 0 Å². The Morgan fingerprint density at radius 2 is 1.86 bits per heavy atom. The third kappa shape index (κ3) is 3.05. The Labute approximate surface area is 138 Å². The Hall–Kier alpha value is -1.73. The molecule has 0 aliphatic rings. The summed E-state index contributed by atoms with van der Waals surface area (Å²) in [6, 6.07) is 8.29. The summed E-state index contributed by atoms with van der Waals surface area (Å²) in [7, 11) is 1.97. The van der Waals surface area contributed by atoms with Gasteiger partial charge < -0.3 is 4.57 Å². The van der Waals surface area contributed by atoms with Gasteiger partial charge in [-0.15, -0.1) is 10.2 Å². The molecule has 3 rings (SSSR count). The van der Waals surface area contributed by atoms with Crippen LogP contribution in [0, 0.1) is 6.92 Å². The van der Waals surface area contributed by atoms with Crippen LogP contribution in [0.3, 0.4) is 0 Å². The molecule has 2 heterocycles. The van der Waals surface area contributed by atoms with E-state index in [0.29, 0.717) is 5.92 Å². The first-order valence-corrected chi connectivity index (χ1v) is 8.61. The van der Waals surface area contributed by atoms with Crippen LogP contribution in [0.2, 0.25) is 0 Å². The summed E-state index contributed by atoms with van der Waals surface area (Å²) in [5.74, 6) is 2.08. The second-order valence-electron chi connectivity index (χ2n) is 5.41. The number of aryl methyl sites for hydroxylation is 1. The summed E-state index contributed by atoms with van der Waals surface area (Å²) < 4.78 is 7.26. The summed E-state index contributed by atoms with van der Waals surface area (Å²) >= 11 is 2.91. The molecular formula is C15H17N5S2. The number of nitrogens with zero attached hydrogens (tertiary/aromatic N) is 5. The van der Waals surface area contributed by atoms with Crippen molar-refractivity contribution < 1.29 is 0 Å². The van der Waals surface area contributed by atoms with Crippen molar-refractivity contribution in [3.63, 3.8) is 0 Å². The largest absolute Gasteiger partial charge is 0.305 e. The van der Waals surface area contributed by atoms with Gasteiger partial charge in [-0.2, -0.15) is 4.37 Å². The summed E-state index contributed by atoms with van der Waals surface area (Å²) in [4.78, 5) is 4.53. The van der Waals surface area contributed by atoms with Crippen molar-refractivity contribution in [2.75, 3.05) is 0 Å². The first kappa shape index (κ1) is 15.2. The van der Waals surface area contributed by atoms with Gasteiger partial charge >= 0.3 is 0 Å². The van der Waals surface area contributed by atoms with Gasteiger partial charge in [-0.3, -0.25) is 0 Å². The molecule has 114 valence electrons. The van der Waals surface area contributed by atoms with Crippen molar-refractivity contribution in [2.24, 2.45) is 7.05 Å². The van der Waals surface area contributed by atoms with E-state index in [4.69, 9.17) is 0 Å². The fourth-order valence-corrected chi connectivity index (χ4v) is 3.57. The molecule has 0 atom stereocenters. The molecule has 0 saturated carbocycles. The number of rotatable bonds is 4. The van der Waals surface area contributed by atoms with Crippen molar-refractivity contribution in [3.05, 3.63) is 35.7 Å². The van der Waals surface area contributed by atoms with Crippen LogP contribution in [0.15, 0.2) is 33.8 Å². The van der Waals surface area contributed by atoms with Gasteiger partial charge in [0.25, 0.3) is 0 Å². The maximum atomic E-state index is 4.53. The molecular weight excluding hydrogens is 314 g/mol. The molecule has 5 nitrogen and oxygen atoms in total. The van der Waals surface area contributed by atoms with E-state index in [1.165, 1.54) is 28.9 Å². The lowest BCUT2D eigenvalue weighted by atomic mass is 10.1. The molecule has 0 aliphatic heterocycles. The minimum Gasteiger partial charge on any atom is -0.305 e. The average molecular weight is 331 g/mol. The molecule has 7 heteroatoms. The fraction of sp³-hybridized carbons (Fsp3) is 0.333. The Kier molecular flexibility index (Phi) is 4.26.